The summed E-state index contributed by atoms with van der Waals surface area (Å²) < 4.78 is 26.8. The normalized spacial score (nSPS) is 12.9. The smallest absolute Gasteiger partial charge is 0.219 e. The van der Waals surface area contributed by atoms with Crippen LogP contribution in [0.3, 0.4) is 0 Å². The van der Waals surface area contributed by atoms with Crippen LogP contribution in [0.15, 0.2) is 78.0 Å². The number of halogens is 1. The maximum atomic E-state index is 13.5. The van der Waals surface area contributed by atoms with Crippen molar-refractivity contribution >= 4 is 16.7 Å². The minimum Gasteiger partial charge on any atom is -0.496 e. The van der Waals surface area contributed by atoms with Crippen LogP contribution in [0.4, 0.5) is 4.39 Å². The fourth-order valence-corrected chi connectivity index (χ4v) is 4.76. The van der Waals surface area contributed by atoms with Gasteiger partial charge in [-0.05, 0) is 66.3 Å². The van der Waals surface area contributed by atoms with Gasteiger partial charge in [0.1, 0.15) is 17.3 Å². The van der Waals surface area contributed by atoms with E-state index in [0.29, 0.717) is 28.3 Å². The summed E-state index contributed by atoms with van der Waals surface area (Å²) in [6.45, 7) is 2.06. The standard InChI is InChI=1S/C32H27FN4O4/c1-3-20-15-26-24(16-29(20)40-2)28(12-13-34-26)41-30-11-4-19(17-35-30)14-27(38)31-32(39)25(18-37(36-31)23-9-10-23)21-5-7-22(33)8-6-21/h4-8,11-13,15-18,23H,3,9-10,14H2,1-2H3. The summed E-state index contributed by atoms with van der Waals surface area (Å²) in [6.07, 6.45) is 7.50. The number of hydrogen-bond donors (Lipinski definition) is 0. The van der Waals surface area contributed by atoms with Gasteiger partial charge in [-0.15, -0.1) is 0 Å². The van der Waals surface area contributed by atoms with Crippen LogP contribution in [-0.2, 0) is 12.8 Å². The molecule has 1 aliphatic carbocycles. The Bertz CT molecular complexity index is 1810. The number of fused-ring (bicyclic) bond motifs is 1. The second-order valence-electron chi connectivity index (χ2n) is 9.99. The minimum atomic E-state index is -0.474. The van der Waals surface area contributed by atoms with E-state index in [1.54, 1.807) is 48.6 Å². The number of rotatable bonds is 9. The molecule has 0 unspecified atom stereocenters. The van der Waals surface area contributed by atoms with Crippen molar-refractivity contribution in [3.05, 3.63) is 106 Å². The maximum Gasteiger partial charge on any atom is 0.219 e. The summed E-state index contributed by atoms with van der Waals surface area (Å²) >= 11 is 0. The van der Waals surface area contributed by atoms with Crippen LogP contribution < -0.4 is 14.9 Å². The molecule has 41 heavy (non-hydrogen) atoms. The van der Waals surface area contributed by atoms with E-state index in [9.17, 15) is 14.0 Å². The van der Waals surface area contributed by atoms with E-state index in [1.165, 1.54) is 24.3 Å². The first-order chi connectivity index (χ1) is 19.9. The van der Waals surface area contributed by atoms with Gasteiger partial charge in [-0.25, -0.2) is 9.37 Å². The number of aryl methyl sites for hydroxylation is 1. The Labute approximate surface area is 235 Å². The zero-order chi connectivity index (χ0) is 28.5. The number of carbonyl (C=O) groups excluding carboxylic acids is 1. The molecule has 0 atom stereocenters. The van der Waals surface area contributed by atoms with Crippen molar-refractivity contribution in [3.8, 4) is 28.5 Å². The van der Waals surface area contributed by atoms with Gasteiger partial charge >= 0.3 is 0 Å². The number of aromatic nitrogens is 4. The number of benzene rings is 2. The Hall–Kier alpha value is -4.92. The zero-order valence-electron chi connectivity index (χ0n) is 22.6. The monoisotopic (exact) mass is 550 g/mol. The summed E-state index contributed by atoms with van der Waals surface area (Å²) in [5.41, 5.74) is 2.71. The van der Waals surface area contributed by atoms with Crippen molar-refractivity contribution in [1.82, 2.24) is 19.7 Å². The average Bonchev–Trinajstić information content (AvgIpc) is 3.84. The number of Topliss-reactive ketones (excluding diaryl/α,β-unsaturated/α-hetero) is 1. The van der Waals surface area contributed by atoms with Crippen LogP contribution in [0.1, 0.15) is 47.4 Å². The molecule has 9 heteroatoms. The summed E-state index contributed by atoms with van der Waals surface area (Å²) in [4.78, 5) is 35.4. The van der Waals surface area contributed by atoms with Crippen molar-refractivity contribution in [1.29, 1.82) is 0 Å². The third-order valence-corrected chi connectivity index (χ3v) is 7.14. The van der Waals surface area contributed by atoms with E-state index in [4.69, 9.17) is 9.47 Å². The van der Waals surface area contributed by atoms with Gasteiger partial charge < -0.3 is 9.47 Å². The van der Waals surface area contributed by atoms with Crippen molar-refractivity contribution < 1.29 is 18.7 Å². The number of pyridine rings is 2. The van der Waals surface area contributed by atoms with E-state index in [-0.39, 0.29) is 18.2 Å². The molecule has 0 aliphatic heterocycles. The summed E-state index contributed by atoms with van der Waals surface area (Å²) in [7, 11) is 1.63. The molecule has 2 aromatic carbocycles. The van der Waals surface area contributed by atoms with Gasteiger partial charge in [0.05, 0.1) is 18.7 Å². The van der Waals surface area contributed by atoms with Crippen LogP contribution in [0.5, 0.6) is 17.4 Å². The molecule has 5 aromatic rings. The van der Waals surface area contributed by atoms with Crippen molar-refractivity contribution in [2.24, 2.45) is 0 Å². The molecule has 6 rings (SSSR count). The minimum absolute atomic E-state index is 0.0533. The van der Waals surface area contributed by atoms with Gasteiger partial charge in [0, 0.05) is 42.0 Å². The zero-order valence-corrected chi connectivity index (χ0v) is 22.6. The average molecular weight is 551 g/mol. The van der Waals surface area contributed by atoms with E-state index in [0.717, 1.165) is 41.5 Å². The number of methoxy groups -OCH3 is 1. The fourth-order valence-electron chi connectivity index (χ4n) is 4.76. The molecule has 3 heterocycles. The number of hydrogen-bond acceptors (Lipinski definition) is 7. The lowest BCUT2D eigenvalue weighted by atomic mass is 10.0. The third-order valence-electron chi connectivity index (χ3n) is 7.14. The van der Waals surface area contributed by atoms with Crippen LogP contribution >= 0.6 is 0 Å². The van der Waals surface area contributed by atoms with Crippen molar-refractivity contribution in [3.63, 3.8) is 0 Å². The first-order valence-corrected chi connectivity index (χ1v) is 13.4. The Morgan fingerprint density at radius 1 is 1.05 bits per heavy atom. The van der Waals surface area contributed by atoms with E-state index in [2.05, 4.69) is 22.0 Å². The first-order valence-electron chi connectivity index (χ1n) is 13.4. The quantitative estimate of drug-likeness (QED) is 0.204. The molecule has 0 bridgehead atoms. The fraction of sp³-hybridized carbons (Fsp3) is 0.219. The topological polar surface area (TPSA) is 96.2 Å². The lowest BCUT2D eigenvalue weighted by Gasteiger charge is -2.12. The van der Waals surface area contributed by atoms with Crippen LogP contribution in [0.2, 0.25) is 0 Å². The maximum absolute atomic E-state index is 13.5. The van der Waals surface area contributed by atoms with E-state index < -0.39 is 17.0 Å². The van der Waals surface area contributed by atoms with Crippen LogP contribution in [0, 0.1) is 5.82 Å². The lowest BCUT2D eigenvalue weighted by molar-refractivity contribution is 0.0984. The summed E-state index contributed by atoms with van der Waals surface area (Å²) in [6, 6.07) is 14.9. The molecule has 1 aliphatic rings. The van der Waals surface area contributed by atoms with Gasteiger partial charge in [0.15, 0.2) is 11.5 Å². The molecule has 0 amide bonds. The second kappa shape index (κ2) is 10.9. The highest BCUT2D eigenvalue weighted by Crippen LogP contribution is 2.35. The molecule has 8 nitrogen and oxygen atoms in total. The lowest BCUT2D eigenvalue weighted by Crippen LogP contribution is -2.24. The number of ketones is 1. The Morgan fingerprint density at radius 2 is 1.85 bits per heavy atom. The van der Waals surface area contributed by atoms with Crippen LogP contribution in [0.25, 0.3) is 22.0 Å². The molecular weight excluding hydrogens is 523 g/mol. The van der Waals surface area contributed by atoms with Crippen LogP contribution in [-0.4, -0.2) is 32.6 Å². The van der Waals surface area contributed by atoms with Gasteiger partial charge in [-0.1, -0.05) is 25.1 Å². The predicted octanol–water partition coefficient (Wildman–Crippen LogP) is 6.12. The number of carbonyl (C=O) groups is 1. The largest absolute Gasteiger partial charge is 0.496 e. The molecule has 3 aromatic heterocycles. The highest BCUT2D eigenvalue weighted by molar-refractivity contribution is 5.96. The third kappa shape index (κ3) is 5.43. The molecule has 1 fully saturated rings. The Morgan fingerprint density at radius 3 is 2.54 bits per heavy atom. The highest BCUT2D eigenvalue weighted by atomic mass is 19.1. The first kappa shape index (κ1) is 26.3. The SMILES string of the molecule is CCc1cc2nccc(Oc3ccc(CC(=O)c4nn(C5CC5)cc(-c5ccc(F)cc5)c4=O)cn3)c2cc1OC. The van der Waals surface area contributed by atoms with E-state index in [1.807, 2.05) is 12.1 Å². The predicted molar refractivity (Wildman–Crippen MR) is 152 cm³/mol. The van der Waals surface area contributed by atoms with Crippen molar-refractivity contribution in [2.45, 2.75) is 38.6 Å². The van der Waals surface area contributed by atoms with E-state index >= 15 is 0 Å². The number of nitrogens with zero attached hydrogens (tertiary/aromatic N) is 4. The van der Waals surface area contributed by atoms with Gasteiger partial charge in [0.25, 0.3) is 0 Å². The highest BCUT2D eigenvalue weighted by Gasteiger charge is 2.27. The summed E-state index contributed by atoms with van der Waals surface area (Å²) in [5.74, 6) is 0.874. The molecule has 0 N–H and O–H groups in total. The molecule has 206 valence electrons. The Balaban J connectivity index is 1.24. The van der Waals surface area contributed by atoms with Gasteiger partial charge in [-0.2, -0.15) is 5.10 Å². The molecular formula is C32H27FN4O4. The van der Waals surface area contributed by atoms with Gasteiger partial charge in [-0.3, -0.25) is 19.3 Å². The molecule has 0 radical (unpaired) electrons. The molecule has 0 saturated heterocycles. The summed E-state index contributed by atoms with van der Waals surface area (Å²) in [5, 5.41) is 5.18. The Kier molecular flexibility index (Phi) is 7.01. The van der Waals surface area contributed by atoms with Gasteiger partial charge in [0.2, 0.25) is 11.3 Å². The molecule has 0 spiro atoms. The molecule has 1 saturated carbocycles. The van der Waals surface area contributed by atoms with Crippen molar-refractivity contribution in [2.75, 3.05) is 7.11 Å². The second-order valence-corrected chi connectivity index (χ2v) is 9.99. The number of ether oxygens (including phenoxy) is 2.